The van der Waals surface area contributed by atoms with E-state index in [1.165, 1.54) is 0 Å². The van der Waals surface area contributed by atoms with Gasteiger partial charge >= 0.3 is 5.69 Å². The number of rotatable bonds is 2. The third-order valence-corrected chi connectivity index (χ3v) is 2.70. The van der Waals surface area contributed by atoms with Crippen LogP contribution in [0.25, 0.3) is 11.0 Å². The van der Waals surface area contributed by atoms with Crippen LogP contribution in [0.3, 0.4) is 0 Å². The number of imidazole rings is 1. The molecule has 0 saturated heterocycles. The molecule has 1 aromatic carbocycles. The first kappa shape index (κ1) is 9.98. The van der Waals surface area contributed by atoms with E-state index in [0.29, 0.717) is 0 Å². The van der Waals surface area contributed by atoms with Gasteiger partial charge in [0.1, 0.15) is 0 Å². The first-order valence-electron chi connectivity index (χ1n) is 4.93. The second kappa shape index (κ2) is 3.55. The van der Waals surface area contributed by atoms with Gasteiger partial charge in [-0.15, -0.1) is 0 Å². The van der Waals surface area contributed by atoms with Crippen molar-refractivity contribution in [3.05, 3.63) is 34.7 Å². The van der Waals surface area contributed by atoms with Crippen LogP contribution >= 0.6 is 0 Å². The molecule has 4 heteroatoms. The number of fused-ring (bicyclic) bond motifs is 1. The molecule has 4 nitrogen and oxygen atoms in total. The number of aliphatic hydroxyl groups excluding tert-OH is 1. The minimum atomic E-state index is -0.191. The molecule has 15 heavy (non-hydrogen) atoms. The van der Waals surface area contributed by atoms with Crippen LogP contribution in [0.1, 0.15) is 13.0 Å². The maximum Gasteiger partial charge on any atom is 0.329 e. The summed E-state index contributed by atoms with van der Waals surface area (Å²) in [6, 6.07) is 7.39. The minimum absolute atomic E-state index is 0.0338. The summed E-state index contributed by atoms with van der Waals surface area (Å²) in [7, 11) is 1.74. The smallest absolute Gasteiger partial charge is 0.329 e. The summed E-state index contributed by atoms with van der Waals surface area (Å²) in [5, 5.41) is 9.11. The molecule has 0 fully saturated rings. The highest BCUT2D eigenvalue weighted by Crippen LogP contribution is 2.15. The zero-order chi connectivity index (χ0) is 11.0. The van der Waals surface area contributed by atoms with Gasteiger partial charge in [-0.05, 0) is 19.1 Å². The highest BCUT2D eigenvalue weighted by atomic mass is 16.3. The summed E-state index contributed by atoms with van der Waals surface area (Å²) in [6.07, 6.45) is 0. The van der Waals surface area contributed by atoms with Crippen LogP contribution in [0.2, 0.25) is 0 Å². The lowest BCUT2D eigenvalue weighted by atomic mass is 10.3. The van der Waals surface area contributed by atoms with Crippen molar-refractivity contribution in [3.63, 3.8) is 0 Å². The average molecular weight is 206 g/mol. The van der Waals surface area contributed by atoms with E-state index < -0.39 is 0 Å². The zero-order valence-electron chi connectivity index (χ0n) is 8.84. The standard InChI is InChI=1S/C11H14N2O2/c1-8(7-14)13-10-6-4-3-5-9(10)12(2)11(13)15/h3-6,8,14H,7H2,1-2H3. The summed E-state index contributed by atoms with van der Waals surface area (Å²) in [4.78, 5) is 11.9. The zero-order valence-corrected chi connectivity index (χ0v) is 8.84. The van der Waals surface area contributed by atoms with Crippen LogP contribution in [0.5, 0.6) is 0 Å². The Morgan fingerprint density at radius 3 is 2.53 bits per heavy atom. The van der Waals surface area contributed by atoms with Gasteiger partial charge in [-0.1, -0.05) is 12.1 Å². The maximum absolute atomic E-state index is 11.9. The number of benzene rings is 1. The lowest BCUT2D eigenvalue weighted by molar-refractivity contribution is 0.238. The van der Waals surface area contributed by atoms with Gasteiger partial charge in [0.05, 0.1) is 23.7 Å². The fourth-order valence-corrected chi connectivity index (χ4v) is 1.83. The number of aromatic nitrogens is 2. The third kappa shape index (κ3) is 1.37. The summed E-state index contributed by atoms with van der Waals surface area (Å²) in [5.41, 5.74) is 1.67. The molecule has 1 unspecified atom stereocenters. The molecule has 0 aliphatic carbocycles. The van der Waals surface area contributed by atoms with Crippen LogP contribution in [0.15, 0.2) is 29.1 Å². The van der Waals surface area contributed by atoms with Gasteiger partial charge in [0, 0.05) is 7.05 Å². The molecule has 80 valence electrons. The van der Waals surface area contributed by atoms with Crippen LogP contribution in [-0.2, 0) is 7.05 Å². The van der Waals surface area contributed by atoms with E-state index in [0.717, 1.165) is 11.0 Å². The normalized spacial score (nSPS) is 13.3. The molecular weight excluding hydrogens is 192 g/mol. The molecule has 1 atom stereocenters. The van der Waals surface area contributed by atoms with E-state index in [-0.39, 0.29) is 18.3 Å². The molecule has 0 aliphatic heterocycles. The van der Waals surface area contributed by atoms with E-state index in [1.807, 2.05) is 31.2 Å². The number of aryl methyl sites for hydroxylation is 1. The van der Waals surface area contributed by atoms with E-state index in [2.05, 4.69) is 0 Å². The largest absolute Gasteiger partial charge is 0.394 e. The fourth-order valence-electron chi connectivity index (χ4n) is 1.83. The molecule has 0 radical (unpaired) electrons. The van der Waals surface area contributed by atoms with Crippen molar-refractivity contribution in [2.45, 2.75) is 13.0 Å². The molecule has 0 spiro atoms. The second-order valence-electron chi connectivity index (χ2n) is 3.73. The van der Waals surface area contributed by atoms with Crippen molar-refractivity contribution >= 4 is 11.0 Å². The van der Waals surface area contributed by atoms with E-state index in [9.17, 15) is 4.79 Å². The Kier molecular flexibility index (Phi) is 2.36. The monoisotopic (exact) mass is 206 g/mol. The van der Waals surface area contributed by atoms with Gasteiger partial charge in [0.25, 0.3) is 0 Å². The minimum Gasteiger partial charge on any atom is -0.394 e. The molecule has 1 heterocycles. The Hall–Kier alpha value is -1.55. The molecule has 0 saturated carbocycles. The SMILES string of the molecule is CC(CO)n1c(=O)n(C)c2ccccc21. The molecule has 0 amide bonds. The Morgan fingerprint density at radius 1 is 1.33 bits per heavy atom. The van der Waals surface area contributed by atoms with Gasteiger partial charge in [-0.25, -0.2) is 4.79 Å². The highest BCUT2D eigenvalue weighted by Gasteiger charge is 2.13. The topological polar surface area (TPSA) is 47.2 Å². The van der Waals surface area contributed by atoms with Crippen molar-refractivity contribution in [2.75, 3.05) is 6.61 Å². The van der Waals surface area contributed by atoms with Gasteiger partial charge in [-0.2, -0.15) is 0 Å². The van der Waals surface area contributed by atoms with Gasteiger partial charge in [0.2, 0.25) is 0 Å². The second-order valence-corrected chi connectivity index (χ2v) is 3.73. The number of hydrogen-bond acceptors (Lipinski definition) is 2. The summed E-state index contributed by atoms with van der Waals surface area (Å²) in [5.74, 6) is 0. The van der Waals surface area contributed by atoms with Crippen molar-refractivity contribution in [2.24, 2.45) is 7.05 Å². The predicted octanol–water partition coefficient (Wildman–Crippen LogP) is 0.893. The van der Waals surface area contributed by atoms with E-state index >= 15 is 0 Å². The Balaban J connectivity index is 2.84. The molecule has 0 bridgehead atoms. The molecule has 0 aliphatic rings. The molecule has 1 N–H and O–H groups in total. The Morgan fingerprint density at radius 2 is 1.93 bits per heavy atom. The predicted molar refractivity (Wildman–Crippen MR) is 59.0 cm³/mol. The Labute approximate surface area is 87.4 Å². The average Bonchev–Trinajstić information content (AvgIpc) is 2.52. The summed E-state index contributed by atoms with van der Waals surface area (Å²) >= 11 is 0. The first-order chi connectivity index (χ1) is 7.16. The van der Waals surface area contributed by atoms with Crippen molar-refractivity contribution in [1.29, 1.82) is 0 Å². The van der Waals surface area contributed by atoms with Crippen LogP contribution in [0, 0.1) is 0 Å². The van der Waals surface area contributed by atoms with Crippen LogP contribution in [-0.4, -0.2) is 20.8 Å². The van der Waals surface area contributed by atoms with Crippen molar-refractivity contribution in [3.8, 4) is 0 Å². The molecule has 1 aromatic heterocycles. The van der Waals surface area contributed by atoms with Crippen molar-refractivity contribution in [1.82, 2.24) is 9.13 Å². The lowest BCUT2D eigenvalue weighted by Gasteiger charge is -2.09. The molecule has 2 rings (SSSR count). The number of aliphatic hydroxyl groups is 1. The van der Waals surface area contributed by atoms with E-state index in [1.54, 1.807) is 16.2 Å². The van der Waals surface area contributed by atoms with Gasteiger partial charge in [0.15, 0.2) is 0 Å². The van der Waals surface area contributed by atoms with Crippen LogP contribution < -0.4 is 5.69 Å². The maximum atomic E-state index is 11.9. The summed E-state index contributed by atoms with van der Waals surface area (Å²) < 4.78 is 3.22. The molecule has 2 aromatic rings. The lowest BCUT2D eigenvalue weighted by Crippen LogP contribution is -2.26. The van der Waals surface area contributed by atoms with Crippen LogP contribution in [0.4, 0.5) is 0 Å². The highest BCUT2D eigenvalue weighted by molar-refractivity contribution is 5.76. The van der Waals surface area contributed by atoms with Gasteiger partial charge < -0.3 is 5.11 Å². The summed E-state index contributed by atoms with van der Waals surface area (Å²) in [6.45, 7) is 1.79. The first-order valence-corrected chi connectivity index (χ1v) is 4.93. The number of hydrogen-bond donors (Lipinski definition) is 1. The number of nitrogens with zero attached hydrogens (tertiary/aromatic N) is 2. The van der Waals surface area contributed by atoms with Gasteiger partial charge in [-0.3, -0.25) is 9.13 Å². The number of para-hydroxylation sites is 2. The van der Waals surface area contributed by atoms with Crippen molar-refractivity contribution < 1.29 is 5.11 Å². The van der Waals surface area contributed by atoms with E-state index in [4.69, 9.17) is 5.11 Å². The molecular formula is C11H14N2O2. The fraction of sp³-hybridized carbons (Fsp3) is 0.364. The third-order valence-electron chi connectivity index (χ3n) is 2.70. The quantitative estimate of drug-likeness (QED) is 0.793. The Bertz CT molecular complexity index is 539.